The van der Waals surface area contributed by atoms with Gasteiger partial charge in [0, 0.05) is 19.5 Å². The van der Waals surface area contributed by atoms with Crippen LogP contribution in [0.5, 0.6) is 0 Å². The summed E-state index contributed by atoms with van der Waals surface area (Å²) in [4.78, 5) is 43.3. The van der Waals surface area contributed by atoms with Gasteiger partial charge in [0.2, 0.25) is 11.8 Å². The van der Waals surface area contributed by atoms with E-state index < -0.39 is 23.8 Å². The molecule has 7 nitrogen and oxygen atoms in total. The SMILES string of the molecule is C=Cc1cccc(C(C(=O)NCCCCC)N(CCCCCCCC)C(=O)C(Cc2ccccc2)NC(=O)OC(C)(C)C)c1. The Morgan fingerprint density at radius 3 is 2.20 bits per heavy atom. The van der Waals surface area contributed by atoms with Gasteiger partial charge in [0.15, 0.2) is 0 Å². The lowest BCUT2D eigenvalue weighted by Crippen LogP contribution is -2.54. The molecule has 2 aromatic carbocycles. The van der Waals surface area contributed by atoms with Gasteiger partial charge >= 0.3 is 6.09 Å². The Labute approximate surface area is 265 Å². The molecule has 0 aromatic heterocycles. The van der Waals surface area contributed by atoms with Crippen LogP contribution in [-0.2, 0) is 20.7 Å². The van der Waals surface area contributed by atoms with Crippen molar-refractivity contribution in [1.82, 2.24) is 15.5 Å². The highest BCUT2D eigenvalue weighted by Gasteiger charge is 2.36. The van der Waals surface area contributed by atoms with Crippen molar-refractivity contribution >= 4 is 24.0 Å². The van der Waals surface area contributed by atoms with Crippen molar-refractivity contribution in [2.45, 2.75) is 117 Å². The van der Waals surface area contributed by atoms with Gasteiger partial charge in [-0.3, -0.25) is 9.59 Å². The van der Waals surface area contributed by atoms with Gasteiger partial charge in [-0.1, -0.05) is 120 Å². The van der Waals surface area contributed by atoms with E-state index in [1.165, 1.54) is 6.42 Å². The standard InChI is InChI=1S/C37H55N3O4/c1-7-10-12-13-14-19-26-40(33(34(41)38-25-18-11-8-2)31-24-20-23-29(9-3)27-31)35(42)32(28-30-21-16-15-17-22-30)39-36(43)44-37(4,5)6/h9,15-17,20-24,27,32-33H,3,7-8,10-14,18-19,25-26,28H2,1-2,4-6H3,(H,38,41)(H,39,43). The van der Waals surface area contributed by atoms with E-state index in [4.69, 9.17) is 4.74 Å². The van der Waals surface area contributed by atoms with Gasteiger partial charge < -0.3 is 20.3 Å². The summed E-state index contributed by atoms with van der Waals surface area (Å²) >= 11 is 0. The number of alkyl carbamates (subject to hydrolysis) is 1. The molecule has 0 saturated heterocycles. The molecule has 3 amide bonds. The van der Waals surface area contributed by atoms with Crippen molar-refractivity contribution in [2.24, 2.45) is 0 Å². The van der Waals surface area contributed by atoms with E-state index in [1.807, 2.05) is 54.6 Å². The summed E-state index contributed by atoms with van der Waals surface area (Å²) in [6.07, 6.45) is 10.5. The molecule has 0 heterocycles. The Hall–Kier alpha value is -3.61. The van der Waals surface area contributed by atoms with Crippen LogP contribution in [0.2, 0.25) is 0 Å². The summed E-state index contributed by atoms with van der Waals surface area (Å²) in [6.45, 7) is 14.5. The van der Waals surface area contributed by atoms with Crippen LogP contribution >= 0.6 is 0 Å². The average Bonchev–Trinajstić information content (AvgIpc) is 2.99. The molecule has 242 valence electrons. The van der Waals surface area contributed by atoms with E-state index in [1.54, 1.807) is 31.7 Å². The lowest BCUT2D eigenvalue weighted by atomic mass is 9.98. The molecule has 7 heteroatoms. The number of carbonyl (C=O) groups is 3. The van der Waals surface area contributed by atoms with E-state index in [0.29, 0.717) is 18.7 Å². The van der Waals surface area contributed by atoms with Crippen molar-refractivity contribution in [3.05, 3.63) is 77.9 Å². The van der Waals surface area contributed by atoms with E-state index in [9.17, 15) is 14.4 Å². The zero-order valence-corrected chi connectivity index (χ0v) is 27.7. The molecule has 2 rings (SSSR count). The summed E-state index contributed by atoms with van der Waals surface area (Å²) in [5.74, 6) is -0.539. The molecule has 0 bridgehead atoms. The van der Waals surface area contributed by atoms with E-state index >= 15 is 0 Å². The topological polar surface area (TPSA) is 87.7 Å². The number of nitrogens with zero attached hydrogens (tertiary/aromatic N) is 1. The first-order chi connectivity index (χ1) is 21.1. The van der Waals surface area contributed by atoms with Crippen LogP contribution in [0, 0.1) is 0 Å². The Morgan fingerprint density at radius 2 is 1.55 bits per heavy atom. The highest BCUT2D eigenvalue weighted by Crippen LogP contribution is 2.26. The van der Waals surface area contributed by atoms with Gasteiger partial charge in [-0.25, -0.2) is 4.79 Å². The number of ether oxygens (including phenoxy) is 1. The average molecular weight is 606 g/mol. The van der Waals surface area contributed by atoms with Crippen molar-refractivity contribution < 1.29 is 19.1 Å². The van der Waals surface area contributed by atoms with Gasteiger partial charge in [0.25, 0.3) is 0 Å². The van der Waals surface area contributed by atoms with Crippen molar-refractivity contribution in [3.63, 3.8) is 0 Å². The highest BCUT2D eigenvalue weighted by molar-refractivity contribution is 5.92. The maximum Gasteiger partial charge on any atom is 0.408 e. The van der Waals surface area contributed by atoms with E-state index in [2.05, 4.69) is 31.1 Å². The first kappa shape index (κ1) is 36.6. The second-order valence-electron chi connectivity index (χ2n) is 12.5. The Morgan fingerprint density at radius 1 is 0.886 bits per heavy atom. The first-order valence-corrected chi connectivity index (χ1v) is 16.4. The van der Waals surface area contributed by atoms with Crippen molar-refractivity contribution in [2.75, 3.05) is 13.1 Å². The van der Waals surface area contributed by atoms with E-state index in [-0.39, 0.29) is 18.2 Å². The number of rotatable bonds is 19. The molecular weight excluding hydrogens is 550 g/mol. The van der Waals surface area contributed by atoms with Crippen LogP contribution < -0.4 is 10.6 Å². The fraction of sp³-hybridized carbons (Fsp3) is 0.541. The zero-order valence-electron chi connectivity index (χ0n) is 27.7. The van der Waals surface area contributed by atoms with Gasteiger partial charge in [-0.05, 0) is 56.4 Å². The Bertz CT molecular complexity index is 1160. The summed E-state index contributed by atoms with van der Waals surface area (Å²) in [6, 6.07) is 15.4. The van der Waals surface area contributed by atoms with Crippen LogP contribution in [0.1, 0.15) is 115 Å². The summed E-state index contributed by atoms with van der Waals surface area (Å²) in [7, 11) is 0. The largest absolute Gasteiger partial charge is 0.444 e. The number of hydrogen-bond acceptors (Lipinski definition) is 4. The van der Waals surface area contributed by atoms with Crippen molar-refractivity contribution in [1.29, 1.82) is 0 Å². The normalized spacial score (nSPS) is 12.6. The van der Waals surface area contributed by atoms with Gasteiger partial charge in [-0.15, -0.1) is 0 Å². The fourth-order valence-electron chi connectivity index (χ4n) is 5.14. The monoisotopic (exact) mass is 605 g/mol. The maximum absolute atomic E-state index is 14.6. The number of amides is 3. The second kappa shape index (κ2) is 19.6. The molecule has 0 spiro atoms. The first-order valence-electron chi connectivity index (χ1n) is 16.4. The van der Waals surface area contributed by atoms with E-state index in [0.717, 1.165) is 62.5 Å². The third-order valence-corrected chi connectivity index (χ3v) is 7.41. The van der Waals surface area contributed by atoms with Gasteiger partial charge in [0.05, 0.1) is 0 Å². The van der Waals surface area contributed by atoms with Gasteiger partial charge in [-0.2, -0.15) is 0 Å². The Kier molecular flexibility index (Phi) is 16.3. The highest BCUT2D eigenvalue weighted by atomic mass is 16.6. The number of unbranched alkanes of at least 4 members (excludes halogenated alkanes) is 7. The molecule has 2 atom stereocenters. The molecule has 0 saturated carbocycles. The molecule has 0 aliphatic carbocycles. The minimum Gasteiger partial charge on any atom is -0.444 e. The maximum atomic E-state index is 14.6. The molecule has 2 N–H and O–H groups in total. The molecule has 0 radical (unpaired) electrons. The molecular formula is C37H55N3O4. The van der Waals surface area contributed by atoms with Crippen LogP contribution in [-0.4, -0.2) is 47.5 Å². The van der Waals surface area contributed by atoms with Crippen molar-refractivity contribution in [3.8, 4) is 0 Å². The third-order valence-electron chi connectivity index (χ3n) is 7.41. The number of benzene rings is 2. The van der Waals surface area contributed by atoms with Gasteiger partial charge in [0.1, 0.15) is 17.7 Å². The van der Waals surface area contributed by atoms with Crippen LogP contribution in [0.3, 0.4) is 0 Å². The van der Waals surface area contributed by atoms with Crippen LogP contribution in [0.4, 0.5) is 4.79 Å². The number of hydrogen-bond donors (Lipinski definition) is 2. The molecule has 2 aromatic rings. The predicted molar refractivity (Wildman–Crippen MR) is 180 cm³/mol. The molecule has 0 fully saturated rings. The predicted octanol–water partition coefficient (Wildman–Crippen LogP) is 8.00. The number of carbonyl (C=O) groups excluding carboxylic acids is 3. The minimum atomic E-state index is -0.926. The molecule has 2 unspecified atom stereocenters. The zero-order chi connectivity index (χ0) is 32.4. The molecule has 44 heavy (non-hydrogen) atoms. The van der Waals surface area contributed by atoms with Crippen LogP contribution in [0.25, 0.3) is 6.08 Å². The minimum absolute atomic E-state index is 0.225. The summed E-state index contributed by atoms with van der Waals surface area (Å²) in [5.41, 5.74) is 1.75. The quantitative estimate of drug-likeness (QED) is 0.159. The van der Waals surface area contributed by atoms with Crippen LogP contribution in [0.15, 0.2) is 61.2 Å². The lowest BCUT2D eigenvalue weighted by molar-refractivity contribution is -0.142. The summed E-state index contributed by atoms with van der Waals surface area (Å²) in [5, 5.41) is 5.95. The lowest BCUT2D eigenvalue weighted by Gasteiger charge is -2.35. The molecule has 0 aliphatic rings. The third kappa shape index (κ3) is 13.4. The summed E-state index contributed by atoms with van der Waals surface area (Å²) < 4.78 is 5.56. The smallest absolute Gasteiger partial charge is 0.408 e. The Balaban J connectivity index is 2.52. The number of nitrogens with one attached hydrogen (secondary N) is 2. The fourth-order valence-corrected chi connectivity index (χ4v) is 5.14. The second-order valence-corrected chi connectivity index (χ2v) is 12.5. The molecule has 0 aliphatic heterocycles.